The zero-order valence-corrected chi connectivity index (χ0v) is 56.1. The van der Waals surface area contributed by atoms with E-state index < -0.39 is 222 Å². The van der Waals surface area contributed by atoms with E-state index in [0.717, 1.165) is 9.80 Å². The number of imide groups is 1. The largest absolute Gasteiger partial charge is 0.394 e. The average molecular weight is 1380 g/mol. The molecular weight excluding hydrogens is 1290 g/mol. The van der Waals surface area contributed by atoms with E-state index in [1.807, 2.05) is 0 Å². The second kappa shape index (κ2) is 34.0. The van der Waals surface area contributed by atoms with Crippen LogP contribution in [0.1, 0.15) is 97.6 Å². The zero-order valence-electron chi connectivity index (χ0n) is 54.5. The number of hydrogen-bond acceptors (Lipinski definition) is 19. The highest BCUT2D eigenvalue weighted by molar-refractivity contribution is 8.00. The molecule has 30 nitrogen and oxygen atoms in total. The van der Waals surface area contributed by atoms with Crippen LogP contribution in [0.5, 0.6) is 0 Å². The Hall–Kier alpha value is -8.46. The second-order valence-electron chi connectivity index (χ2n) is 25.2. The van der Waals surface area contributed by atoms with Crippen LogP contribution in [-0.2, 0) is 90.9 Å². The summed E-state index contributed by atoms with van der Waals surface area (Å²) in [5, 5.41) is 55.5. The number of aromatic nitrogens is 1. The molecule has 32 heteroatoms. The fraction of sp³-hybridized carbons (Fsp3) is 0.562. The highest BCUT2D eigenvalue weighted by atomic mass is 32.2. The minimum atomic E-state index is -2.33. The van der Waals surface area contributed by atoms with Crippen molar-refractivity contribution in [2.45, 2.75) is 158 Å². The van der Waals surface area contributed by atoms with Gasteiger partial charge in [0.1, 0.15) is 29.2 Å². The Bertz CT molecular complexity index is 3490. The third-order valence-corrected chi connectivity index (χ3v) is 20.2. The van der Waals surface area contributed by atoms with E-state index in [4.69, 9.17) is 0 Å². The number of nitrogens with one attached hydrogen (secondary N) is 10. The number of carbonyl (C=O) groups is 14. The Morgan fingerprint density at radius 1 is 0.760 bits per heavy atom. The minimum Gasteiger partial charge on any atom is -0.394 e. The molecule has 13 N–H and O–H groups in total. The van der Waals surface area contributed by atoms with Crippen molar-refractivity contribution in [1.82, 2.24) is 57.3 Å². The van der Waals surface area contributed by atoms with Gasteiger partial charge >= 0.3 is 0 Å². The SMILES string of the molecule is CC[C@H](C)[C@@H]1NC(=O)CNC(=O)[C@H]2CC(=O)[C@H]([C@@H](C)[C@@H](O)CO)NC(=O)[C@@H]3C[C@@H](O)CN3C(=O)[C@H](CC(=O)NCc3ccc(NC(=O)[C@H](C)NC(=O)[C@@H](NC(=O)CCN4C(=O)CC(SC)C4=O)C(C)C)cc3)CC(=O)[C@H](CS(=O)c3[nH]c4ccccc4c3C2)NC(=O)CNC1=O. The van der Waals surface area contributed by atoms with Crippen molar-refractivity contribution < 1.29 is 86.7 Å². The number of carbonyl (C=O) groups excluding carboxylic acids is 14. The van der Waals surface area contributed by atoms with E-state index in [2.05, 4.69) is 52.8 Å². The highest BCUT2D eigenvalue weighted by Gasteiger charge is 2.46. The number of amides is 12. The van der Waals surface area contributed by atoms with Gasteiger partial charge in [0.05, 0.1) is 71.7 Å². The Morgan fingerprint density at radius 3 is 2.09 bits per heavy atom. The number of para-hydroxylation sites is 1. The van der Waals surface area contributed by atoms with E-state index in [1.165, 1.54) is 37.7 Å². The summed E-state index contributed by atoms with van der Waals surface area (Å²) in [6.07, 6.45) is -4.30. The molecule has 96 heavy (non-hydrogen) atoms. The first-order valence-corrected chi connectivity index (χ1v) is 34.5. The molecule has 0 spiro atoms. The number of ketones is 2. The maximum Gasteiger partial charge on any atom is 0.246 e. The summed E-state index contributed by atoms with van der Waals surface area (Å²) in [5.74, 6) is -16.8. The number of aliphatic hydroxyl groups excluding tert-OH is 3. The Morgan fingerprint density at radius 2 is 1.44 bits per heavy atom. The van der Waals surface area contributed by atoms with Crippen LogP contribution >= 0.6 is 11.8 Å². The van der Waals surface area contributed by atoms with Crippen LogP contribution in [-0.4, -0.2) is 215 Å². The van der Waals surface area contributed by atoms with Crippen molar-refractivity contribution in [3.8, 4) is 0 Å². The van der Waals surface area contributed by atoms with Gasteiger partial charge in [-0.3, -0.25) is 76.2 Å². The molecule has 1 aromatic heterocycles. The first kappa shape index (κ1) is 74.9. The summed E-state index contributed by atoms with van der Waals surface area (Å²) in [6, 6.07) is 4.23. The Balaban J connectivity index is 1.14. The lowest BCUT2D eigenvalue weighted by molar-refractivity contribution is -0.145. The standard InChI is InChI=1S/C64H86N12O18S2/c1-8-32(4)55-60(90)67-26-51(84)70-43-30-96(94)62-41(40-11-9-10-12-42(40)71-62)19-36(58(88)66-27-52(85)73-55)20-46(80)56(33(5)47(81)29-77)74-59(89)44-23-39(78)28-76(44)63(92)37(21-45(43)79)22-50(83)65-25-35-13-15-38(16-14-35)69-57(87)34(6)68-61(91)54(31(2)3)72-49(82)17-18-75-53(86)24-48(95-7)64(75)93/h9-16,31-34,36-37,39,43-44,47-48,54-56,71,77-78,81H,8,17-30H2,1-7H3,(H,65,83)(H,66,88)(H,67,90)(H,68,91)(H,69,87)(H,70,84)(H,72,82)(H,73,85)(H,74,89)/t32-,33-,34-,36+,37-,39+,43-,44-,47-,48?,54-,55-,56-,96?/m0/s1. The van der Waals surface area contributed by atoms with E-state index in [1.54, 1.807) is 70.3 Å². The lowest BCUT2D eigenvalue weighted by Gasteiger charge is -2.32. The van der Waals surface area contributed by atoms with E-state index in [9.17, 15) is 72.9 Å². The molecule has 4 aliphatic rings. The highest BCUT2D eigenvalue weighted by Crippen LogP contribution is 2.32. The molecule has 0 saturated carbocycles. The predicted octanol–water partition coefficient (Wildman–Crippen LogP) is -2.15. The molecule has 0 aliphatic carbocycles. The third-order valence-electron chi connectivity index (χ3n) is 17.8. The number of fused-ring (bicyclic) bond motifs is 5. The van der Waals surface area contributed by atoms with Crippen LogP contribution in [0, 0.1) is 29.6 Å². The zero-order chi connectivity index (χ0) is 70.4. The van der Waals surface area contributed by atoms with Crippen molar-refractivity contribution in [3.05, 3.63) is 59.7 Å². The predicted molar refractivity (Wildman–Crippen MR) is 348 cm³/mol. The second-order valence-corrected chi connectivity index (χ2v) is 27.6. The molecule has 2 unspecified atom stereocenters. The first-order chi connectivity index (χ1) is 45.5. The van der Waals surface area contributed by atoms with Gasteiger partial charge in [0.2, 0.25) is 70.9 Å². The number of aromatic amines is 1. The van der Waals surface area contributed by atoms with Crippen molar-refractivity contribution in [2.75, 3.05) is 50.1 Å². The Kier molecular flexibility index (Phi) is 26.5. The molecule has 2 bridgehead atoms. The number of rotatable bonds is 19. The number of aliphatic hydroxyl groups is 3. The number of hydrogen-bond donors (Lipinski definition) is 13. The smallest absolute Gasteiger partial charge is 0.246 e. The van der Waals surface area contributed by atoms with E-state index in [-0.39, 0.29) is 60.4 Å². The number of Topliss-reactive ketones (excluding diaryl/α,β-unsaturated/α-hetero) is 2. The van der Waals surface area contributed by atoms with Gasteiger partial charge in [0, 0.05) is 86.6 Å². The summed E-state index contributed by atoms with van der Waals surface area (Å²) in [6.45, 7) is 6.32. The summed E-state index contributed by atoms with van der Waals surface area (Å²) in [5.41, 5.74) is 1.37. The van der Waals surface area contributed by atoms with Crippen molar-refractivity contribution in [3.63, 3.8) is 0 Å². The molecule has 0 radical (unpaired) electrons. The van der Waals surface area contributed by atoms with Gasteiger partial charge in [-0.2, -0.15) is 11.8 Å². The van der Waals surface area contributed by atoms with Crippen molar-refractivity contribution in [2.24, 2.45) is 29.6 Å². The first-order valence-electron chi connectivity index (χ1n) is 31.9. The quantitative estimate of drug-likeness (QED) is 0.0569. The number of anilines is 1. The summed E-state index contributed by atoms with van der Waals surface area (Å²) >= 11 is 1.24. The number of nitrogens with zero attached hydrogens (tertiary/aromatic N) is 2. The summed E-state index contributed by atoms with van der Waals surface area (Å²) in [7, 11) is -2.33. The molecule has 2 saturated heterocycles. The number of thioether (sulfide) groups is 1. The molecule has 2 fully saturated rings. The Labute approximate surface area is 560 Å². The molecular formula is C64H86N12O18S2. The van der Waals surface area contributed by atoms with E-state index in [0.29, 0.717) is 22.9 Å². The topological polar surface area (TPSA) is 447 Å². The molecule has 14 atom stereocenters. The third kappa shape index (κ3) is 19.2. The van der Waals surface area contributed by atoms with E-state index >= 15 is 13.8 Å². The molecule has 5 heterocycles. The molecule has 7 rings (SSSR count). The van der Waals surface area contributed by atoms with Crippen LogP contribution < -0.4 is 47.9 Å². The van der Waals surface area contributed by atoms with Gasteiger partial charge in [-0.25, -0.2) is 0 Å². The molecule has 522 valence electrons. The van der Waals surface area contributed by atoms with Crippen LogP contribution in [0.2, 0.25) is 0 Å². The van der Waals surface area contributed by atoms with Gasteiger partial charge in [-0.05, 0) is 60.8 Å². The molecule has 4 aliphatic heterocycles. The van der Waals surface area contributed by atoms with Gasteiger partial charge in [-0.15, -0.1) is 0 Å². The van der Waals surface area contributed by atoms with Gasteiger partial charge < -0.3 is 73.1 Å². The van der Waals surface area contributed by atoms with Crippen molar-refractivity contribution in [1.29, 1.82) is 0 Å². The van der Waals surface area contributed by atoms with Crippen LogP contribution in [0.3, 0.4) is 0 Å². The normalized spacial score (nSPS) is 25.3. The minimum absolute atomic E-state index is 0.0377. The lowest BCUT2D eigenvalue weighted by Crippen LogP contribution is -2.56. The molecule has 12 amide bonds. The summed E-state index contributed by atoms with van der Waals surface area (Å²) < 4.78 is 15.0. The fourth-order valence-corrected chi connectivity index (χ4v) is 13.9. The number of benzene rings is 2. The van der Waals surface area contributed by atoms with Crippen molar-refractivity contribution >= 4 is 122 Å². The van der Waals surface area contributed by atoms with Gasteiger partial charge in [0.25, 0.3) is 0 Å². The molecule has 2 aromatic carbocycles. The van der Waals surface area contributed by atoms with Crippen LogP contribution in [0.15, 0.2) is 53.6 Å². The molecule has 3 aromatic rings. The average Bonchev–Trinajstić information content (AvgIpc) is 1.62. The number of H-pyrrole nitrogens is 1. The maximum absolute atomic E-state index is 15.1. The van der Waals surface area contributed by atoms with Gasteiger partial charge in [0.15, 0.2) is 11.6 Å². The summed E-state index contributed by atoms with van der Waals surface area (Å²) in [4.78, 5) is 199. The van der Waals surface area contributed by atoms with Crippen LogP contribution in [0.4, 0.5) is 5.69 Å². The maximum atomic E-state index is 15.1. The van der Waals surface area contributed by atoms with Crippen LogP contribution in [0.25, 0.3) is 10.9 Å². The number of likely N-dealkylation sites (tertiary alicyclic amines) is 1. The fourth-order valence-electron chi connectivity index (χ4n) is 11.9. The lowest BCUT2D eigenvalue weighted by atomic mass is 9.85. The monoisotopic (exact) mass is 1370 g/mol. The van der Waals surface area contributed by atoms with Gasteiger partial charge in [-0.1, -0.05) is 71.4 Å².